The second kappa shape index (κ2) is 7.80. The molecule has 1 N–H and O–H groups in total. The van der Waals surface area contributed by atoms with Gasteiger partial charge in [0.05, 0.1) is 23.4 Å². The normalized spacial score (nSPS) is 12.0. The fourth-order valence-corrected chi connectivity index (χ4v) is 1.94. The number of halogens is 4. The van der Waals surface area contributed by atoms with Crippen LogP contribution in [0.1, 0.15) is 37.9 Å². The molecule has 27 heavy (non-hydrogen) atoms. The van der Waals surface area contributed by atoms with E-state index in [1.807, 2.05) is 0 Å². The Labute approximate surface area is 152 Å². The molecular formula is C16H17F4N5O2. The van der Waals surface area contributed by atoms with E-state index >= 15 is 0 Å². The largest absolute Gasteiger partial charge is 0.444 e. The van der Waals surface area contributed by atoms with E-state index in [1.54, 1.807) is 20.8 Å². The molecule has 0 aliphatic rings. The molecule has 11 heteroatoms. The average molecular weight is 387 g/mol. The number of nitrogens with one attached hydrogen (secondary N) is 1. The molecule has 146 valence electrons. The maximum absolute atomic E-state index is 13.2. The Bertz CT molecular complexity index is 804. The first kappa shape index (κ1) is 20.5. The summed E-state index contributed by atoms with van der Waals surface area (Å²) < 4.78 is 57.0. The second-order valence-electron chi connectivity index (χ2n) is 6.43. The number of hydrogen-bond donors (Lipinski definition) is 1. The van der Waals surface area contributed by atoms with Gasteiger partial charge in [0.25, 0.3) is 0 Å². The van der Waals surface area contributed by atoms with Gasteiger partial charge in [0.1, 0.15) is 12.3 Å². The molecule has 0 fully saturated rings. The second-order valence-corrected chi connectivity index (χ2v) is 6.43. The van der Waals surface area contributed by atoms with E-state index in [0.717, 1.165) is 0 Å². The third-order valence-electron chi connectivity index (χ3n) is 3.06. The van der Waals surface area contributed by atoms with Crippen LogP contribution in [0.4, 0.5) is 22.4 Å². The molecule has 0 unspecified atom stereocenters. The number of aromatic nitrogens is 4. The summed E-state index contributed by atoms with van der Waals surface area (Å²) in [5.74, 6) is -0.160. The van der Waals surface area contributed by atoms with E-state index in [4.69, 9.17) is 4.74 Å². The van der Waals surface area contributed by atoms with Crippen molar-refractivity contribution in [3.63, 3.8) is 0 Å². The molecule has 2 rings (SSSR count). The predicted octanol–water partition coefficient (Wildman–Crippen LogP) is 3.45. The van der Waals surface area contributed by atoms with Gasteiger partial charge in [0.15, 0.2) is 11.6 Å². The Morgan fingerprint density at radius 2 is 1.74 bits per heavy atom. The van der Waals surface area contributed by atoms with Crippen LogP contribution in [0, 0.1) is 0 Å². The van der Waals surface area contributed by atoms with Crippen molar-refractivity contribution in [2.45, 2.75) is 45.8 Å². The van der Waals surface area contributed by atoms with Gasteiger partial charge in [0.2, 0.25) is 0 Å². The van der Waals surface area contributed by atoms with Crippen molar-refractivity contribution in [3.05, 3.63) is 35.7 Å². The van der Waals surface area contributed by atoms with Gasteiger partial charge >= 0.3 is 12.3 Å². The summed E-state index contributed by atoms with van der Waals surface area (Å²) >= 11 is 0. The van der Waals surface area contributed by atoms with Crippen molar-refractivity contribution in [1.82, 2.24) is 25.3 Å². The molecule has 1 amide bonds. The number of alkyl carbamates (subject to hydrolysis) is 1. The zero-order valence-corrected chi connectivity index (χ0v) is 14.8. The first-order valence-electron chi connectivity index (χ1n) is 7.77. The highest BCUT2D eigenvalue weighted by atomic mass is 19.4. The molecule has 0 saturated heterocycles. The molecule has 0 spiro atoms. The van der Waals surface area contributed by atoms with Crippen LogP contribution in [0.5, 0.6) is 0 Å². The van der Waals surface area contributed by atoms with Gasteiger partial charge in [-0.25, -0.2) is 29.1 Å². The van der Waals surface area contributed by atoms with E-state index in [9.17, 15) is 22.4 Å². The van der Waals surface area contributed by atoms with Gasteiger partial charge in [-0.2, -0.15) is 13.2 Å². The topological polar surface area (TPSA) is 89.9 Å². The maximum Gasteiger partial charge on any atom is 0.419 e. The standard InChI is InChI=1S/C16H17F4N5O2/c1-15(2,3)27-14(26)24-8-11-10(16(18,19)20)7-23-13(25-11)9-5-21-12(4-17)22-6-9/h5-7H,4,8H2,1-3H3,(H,24,26). The van der Waals surface area contributed by atoms with Crippen LogP contribution in [0.25, 0.3) is 11.4 Å². The van der Waals surface area contributed by atoms with Gasteiger partial charge in [-0.15, -0.1) is 0 Å². The van der Waals surface area contributed by atoms with Crippen LogP contribution in [0.2, 0.25) is 0 Å². The summed E-state index contributed by atoms with van der Waals surface area (Å²) in [6, 6.07) is 0. The Morgan fingerprint density at radius 3 is 2.26 bits per heavy atom. The zero-order chi connectivity index (χ0) is 20.2. The Morgan fingerprint density at radius 1 is 1.11 bits per heavy atom. The highest BCUT2D eigenvalue weighted by Crippen LogP contribution is 2.31. The minimum absolute atomic E-state index is 0.0718. The van der Waals surface area contributed by atoms with Crippen LogP contribution in [0.15, 0.2) is 18.6 Å². The number of amides is 1. The third kappa shape index (κ3) is 5.83. The van der Waals surface area contributed by atoms with Gasteiger partial charge < -0.3 is 10.1 Å². The summed E-state index contributed by atoms with van der Waals surface area (Å²) in [5, 5.41) is 2.23. The van der Waals surface area contributed by atoms with Gasteiger partial charge in [-0.3, -0.25) is 0 Å². The summed E-state index contributed by atoms with van der Waals surface area (Å²) in [5.41, 5.74) is -2.14. The van der Waals surface area contributed by atoms with Crippen LogP contribution in [0.3, 0.4) is 0 Å². The number of hydrogen-bond acceptors (Lipinski definition) is 6. The first-order chi connectivity index (χ1) is 12.5. The molecule has 0 aliphatic heterocycles. The number of nitrogens with zero attached hydrogens (tertiary/aromatic N) is 4. The summed E-state index contributed by atoms with van der Waals surface area (Å²) in [6.45, 7) is 3.47. The van der Waals surface area contributed by atoms with Crippen LogP contribution in [-0.4, -0.2) is 31.6 Å². The number of alkyl halides is 4. The van der Waals surface area contributed by atoms with E-state index in [-0.39, 0.29) is 17.2 Å². The molecule has 0 bridgehead atoms. The SMILES string of the molecule is CC(C)(C)OC(=O)NCc1nc(-c2cnc(CF)nc2)ncc1C(F)(F)F. The van der Waals surface area contributed by atoms with Gasteiger partial charge in [-0.1, -0.05) is 0 Å². The van der Waals surface area contributed by atoms with Crippen molar-refractivity contribution in [1.29, 1.82) is 0 Å². The summed E-state index contributed by atoms with van der Waals surface area (Å²) in [6.07, 6.45) is -2.58. The van der Waals surface area contributed by atoms with Crippen LogP contribution >= 0.6 is 0 Å². The summed E-state index contributed by atoms with van der Waals surface area (Å²) in [4.78, 5) is 26.7. The Hall–Kier alpha value is -2.85. The zero-order valence-electron chi connectivity index (χ0n) is 14.8. The van der Waals surface area contributed by atoms with Crippen molar-refractivity contribution in [2.24, 2.45) is 0 Å². The Kier molecular flexibility index (Phi) is 5.91. The number of carbonyl (C=O) groups is 1. The van der Waals surface area contributed by atoms with E-state index < -0.39 is 42.3 Å². The van der Waals surface area contributed by atoms with E-state index in [2.05, 4.69) is 25.3 Å². The number of rotatable bonds is 4. The molecule has 0 aromatic carbocycles. The molecular weight excluding hydrogens is 370 g/mol. The lowest BCUT2D eigenvalue weighted by molar-refractivity contribution is -0.138. The molecule has 7 nitrogen and oxygen atoms in total. The van der Waals surface area contributed by atoms with Crippen molar-refractivity contribution >= 4 is 6.09 Å². The van der Waals surface area contributed by atoms with E-state index in [1.165, 1.54) is 12.4 Å². The Balaban J connectivity index is 2.30. The third-order valence-corrected chi connectivity index (χ3v) is 3.06. The molecule has 0 aliphatic carbocycles. The van der Waals surface area contributed by atoms with Gasteiger partial charge in [-0.05, 0) is 20.8 Å². The maximum atomic E-state index is 13.2. The molecule has 0 radical (unpaired) electrons. The van der Waals surface area contributed by atoms with E-state index in [0.29, 0.717) is 6.20 Å². The van der Waals surface area contributed by atoms with Crippen LogP contribution in [-0.2, 0) is 24.1 Å². The highest BCUT2D eigenvalue weighted by Gasteiger charge is 2.35. The first-order valence-corrected chi connectivity index (χ1v) is 7.77. The van der Waals surface area contributed by atoms with Crippen LogP contribution < -0.4 is 5.32 Å². The lowest BCUT2D eigenvalue weighted by Crippen LogP contribution is -2.33. The van der Waals surface area contributed by atoms with Gasteiger partial charge in [0, 0.05) is 18.6 Å². The van der Waals surface area contributed by atoms with Crippen molar-refractivity contribution in [2.75, 3.05) is 0 Å². The lowest BCUT2D eigenvalue weighted by atomic mass is 10.2. The number of ether oxygens (including phenoxy) is 1. The average Bonchev–Trinajstić information content (AvgIpc) is 2.57. The minimum atomic E-state index is -4.71. The molecule has 0 saturated carbocycles. The molecule has 2 aromatic heterocycles. The quantitative estimate of drug-likeness (QED) is 0.809. The summed E-state index contributed by atoms with van der Waals surface area (Å²) in [7, 11) is 0. The minimum Gasteiger partial charge on any atom is -0.444 e. The molecule has 2 heterocycles. The highest BCUT2D eigenvalue weighted by molar-refractivity contribution is 5.67. The molecule has 2 aromatic rings. The lowest BCUT2D eigenvalue weighted by Gasteiger charge is -2.20. The molecule has 0 atom stereocenters. The monoisotopic (exact) mass is 387 g/mol. The fourth-order valence-electron chi connectivity index (χ4n) is 1.94. The predicted molar refractivity (Wildman–Crippen MR) is 85.9 cm³/mol. The van der Waals surface area contributed by atoms with Crippen molar-refractivity contribution in [3.8, 4) is 11.4 Å². The smallest absolute Gasteiger partial charge is 0.419 e. The number of carbonyl (C=O) groups excluding carboxylic acids is 1. The fraction of sp³-hybridized carbons (Fsp3) is 0.438. The van der Waals surface area contributed by atoms with Crippen molar-refractivity contribution < 1.29 is 27.1 Å².